The molecular weight excluding hydrogens is 296 g/mol. The zero-order chi connectivity index (χ0) is 16.8. The molecule has 1 aromatic rings. The first-order valence-corrected chi connectivity index (χ1v) is 8.17. The van der Waals surface area contributed by atoms with E-state index in [0.29, 0.717) is 31.8 Å². The Morgan fingerprint density at radius 1 is 1.30 bits per heavy atom. The molecule has 6 heteroatoms. The van der Waals surface area contributed by atoms with Gasteiger partial charge in [-0.15, -0.1) is 0 Å². The van der Waals surface area contributed by atoms with E-state index in [1.807, 2.05) is 35.6 Å². The fraction of sp³-hybridized carbons (Fsp3) is 0.647. The maximum atomic E-state index is 12.2. The van der Waals surface area contributed by atoms with E-state index in [1.165, 1.54) is 7.11 Å². The van der Waals surface area contributed by atoms with Gasteiger partial charge in [-0.3, -0.25) is 4.79 Å². The van der Waals surface area contributed by atoms with Gasteiger partial charge in [0.15, 0.2) is 0 Å². The molecule has 2 heterocycles. The van der Waals surface area contributed by atoms with Gasteiger partial charge in [0.2, 0.25) is 5.91 Å². The highest BCUT2D eigenvalue weighted by Crippen LogP contribution is 2.25. The molecule has 6 nitrogen and oxygen atoms in total. The van der Waals surface area contributed by atoms with Gasteiger partial charge in [-0.2, -0.15) is 0 Å². The molecule has 0 atom stereocenters. The number of methoxy groups -OCH3 is 1. The summed E-state index contributed by atoms with van der Waals surface area (Å²) in [5.74, 6) is -0.177. The number of rotatable bonds is 6. The summed E-state index contributed by atoms with van der Waals surface area (Å²) in [5.41, 5.74) is 0.572. The van der Waals surface area contributed by atoms with E-state index < -0.39 is 0 Å². The first-order chi connectivity index (χ1) is 11.0. The van der Waals surface area contributed by atoms with E-state index in [-0.39, 0.29) is 24.0 Å². The number of piperidine rings is 1. The Labute approximate surface area is 137 Å². The summed E-state index contributed by atoms with van der Waals surface area (Å²) in [6.07, 6.45) is 4.18. The maximum absolute atomic E-state index is 12.2. The summed E-state index contributed by atoms with van der Waals surface area (Å²) in [6.45, 7) is 5.83. The molecule has 0 aliphatic carbocycles. The Morgan fingerprint density at radius 3 is 2.61 bits per heavy atom. The fourth-order valence-corrected chi connectivity index (χ4v) is 2.92. The number of aromatic nitrogens is 1. The van der Waals surface area contributed by atoms with E-state index in [2.05, 4.69) is 0 Å². The van der Waals surface area contributed by atoms with Gasteiger partial charge in [0.25, 0.3) is 0 Å². The molecule has 0 spiro atoms. The minimum absolute atomic E-state index is 0.143. The molecule has 1 aliphatic heterocycles. The Balaban J connectivity index is 1.85. The van der Waals surface area contributed by atoms with Crippen LogP contribution in [0.1, 0.15) is 49.6 Å². The summed E-state index contributed by atoms with van der Waals surface area (Å²) >= 11 is 0. The van der Waals surface area contributed by atoms with Crippen LogP contribution in [-0.4, -0.2) is 54.3 Å². The van der Waals surface area contributed by atoms with Crippen molar-refractivity contribution in [3.05, 3.63) is 24.0 Å². The average Bonchev–Trinajstić information content (AvgIpc) is 3.03. The van der Waals surface area contributed by atoms with Gasteiger partial charge >= 0.3 is 5.97 Å². The molecule has 1 fully saturated rings. The smallest absolute Gasteiger partial charge is 0.354 e. The topological polar surface area (TPSA) is 60.8 Å². The highest BCUT2D eigenvalue weighted by atomic mass is 16.5. The SMILES string of the molecule is COC(=O)c1cccn1C1CCN(C(=O)CCOC(C)C)CC1. The summed E-state index contributed by atoms with van der Waals surface area (Å²) in [5, 5.41) is 0. The van der Waals surface area contributed by atoms with Crippen LogP contribution >= 0.6 is 0 Å². The molecular formula is C17H26N2O4. The van der Waals surface area contributed by atoms with E-state index in [4.69, 9.17) is 9.47 Å². The fourth-order valence-electron chi connectivity index (χ4n) is 2.92. The van der Waals surface area contributed by atoms with Crippen molar-refractivity contribution in [1.82, 2.24) is 9.47 Å². The molecule has 1 aliphatic rings. The van der Waals surface area contributed by atoms with Crippen LogP contribution in [0, 0.1) is 0 Å². The quantitative estimate of drug-likeness (QED) is 0.754. The largest absolute Gasteiger partial charge is 0.464 e. The van der Waals surface area contributed by atoms with Gasteiger partial charge in [-0.25, -0.2) is 4.79 Å². The van der Waals surface area contributed by atoms with Gasteiger partial charge in [0.05, 0.1) is 26.2 Å². The van der Waals surface area contributed by atoms with Crippen LogP contribution in [0.2, 0.25) is 0 Å². The molecule has 1 aromatic heterocycles. The van der Waals surface area contributed by atoms with Crippen LogP contribution in [0.4, 0.5) is 0 Å². The first kappa shape index (κ1) is 17.5. The monoisotopic (exact) mass is 322 g/mol. The van der Waals surface area contributed by atoms with Crippen LogP contribution < -0.4 is 0 Å². The second-order valence-corrected chi connectivity index (χ2v) is 6.07. The molecule has 2 rings (SSSR count). The van der Waals surface area contributed by atoms with Crippen molar-refractivity contribution in [2.45, 2.75) is 45.3 Å². The highest BCUT2D eigenvalue weighted by Gasteiger charge is 2.25. The summed E-state index contributed by atoms with van der Waals surface area (Å²) in [7, 11) is 1.39. The predicted molar refractivity (Wildman–Crippen MR) is 86.3 cm³/mol. The lowest BCUT2D eigenvalue weighted by Crippen LogP contribution is -2.39. The highest BCUT2D eigenvalue weighted by molar-refractivity contribution is 5.87. The third-order valence-corrected chi connectivity index (χ3v) is 4.15. The second-order valence-electron chi connectivity index (χ2n) is 6.07. The Morgan fingerprint density at radius 2 is 2.00 bits per heavy atom. The molecule has 0 bridgehead atoms. The van der Waals surface area contributed by atoms with Gasteiger partial charge in [-0.05, 0) is 38.8 Å². The molecule has 0 aromatic carbocycles. The number of likely N-dealkylation sites (tertiary alicyclic amines) is 1. The molecule has 0 saturated carbocycles. The number of ether oxygens (including phenoxy) is 2. The predicted octanol–water partition coefficient (Wildman–Crippen LogP) is 2.25. The van der Waals surface area contributed by atoms with Gasteiger partial charge in [0.1, 0.15) is 5.69 Å². The van der Waals surface area contributed by atoms with Crippen molar-refractivity contribution in [2.24, 2.45) is 0 Å². The third-order valence-electron chi connectivity index (χ3n) is 4.15. The zero-order valence-corrected chi connectivity index (χ0v) is 14.2. The van der Waals surface area contributed by atoms with Crippen molar-refractivity contribution in [2.75, 3.05) is 26.8 Å². The Hall–Kier alpha value is -1.82. The van der Waals surface area contributed by atoms with Crippen LogP contribution in [0.25, 0.3) is 0 Å². The van der Waals surface area contributed by atoms with E-state index in [9.17, 15) is 9.59 Å². The second kappa shape index (κ2) is 8.15. The van der Waals surface area contributed by atoms with Crippen LogP contribution in [0.15, 0.2) is 18.3 Å². The summed E-state index contributed by atoms with van der Waals surface area (Å²) < 4.78 is 12.2. The minimum atomic E-state index is -0.320. The van der Waals surface area contributed by atoms with Crippen molar-refractivity contribution < 1.29 is 19.1 Å². The number of esters is 1. The lowest BCUT2D eigenvalue weighted by Gasteiger charge is -2.33. The summed E-state index contributed by atoms with van der Waals surface area (Å²) in [4.78, 5) is 25.8. The van der Waals surface area contributed by atoms with Crippen LogP contribution in [-0.2, 0) is 14.3 Å². The minimum Gasteiger partial charge on any atom is -0.464 e. The van der Waals surface area contributed by atoms with E-state index >= 15 is 0 Å². The number of carbonyl (C=O) groups is 2. The normalized spacial score (nSPS) is 15.9. The van der Waals surface area contributed by atoms with E-state index in [0.717, 1.165) is 12.8 Å². The van der Waals surface area contributed by atoms with Crippen molar-refractivity contribution in [3.63, 3.8) is 0 Å². The van der Waals surface area contributed by atoms with Gasteiger partial charge < -0.3 is 18.9 Å². The van der Waals surface area contributed by atoms with Crippen molar-refractivity contribution in [1.29, 1.82) is 0 Å². The number of hydrogen-bond donors (Lipinski definition) is 0. The molecule has 0 unspecified atom stereocenters. The maximum Gasteiger partial charge on any atom is 0.354 e. The average molecular weight is 322 g/mol. The molecule has 0 radical (unpaired) electrons. The van der Waals surface area contributed by atoms with Gasteiger partial charge in [0, 0.05) is 25.3 Å². The van der Waals surface area contributed by atoms with Crippen LogP contribution in [0.5, 0.6) is 0 Å². The van der Waals surface area contributed by atoms with Crippen molar-refractivity contribution in [3.8, 4) is 0 Å². The zero-order valence-electron chi connectivity index (χ0n) is 14.2. The standard InChI is InChI=1S/C17H26N2O4/c1-13(2)23-12-8-16(20)18-10-6-14(7-11-18)19-9-4-5-15(19)17(21)22-3/h4-5,9,13-14H,6-8,10-12H2,1-3H3. The van der Waals surface area contributed by atoms with E-state index in [1.54, 1.807) is 6.07 Å². The number of carbonyl (C=O) groups excluding carboxylic acids is 2. The molecule has 0 N–H and O–H groups in total. The number of hydrogen-bond acceptors (Lipinski definition) is 4. The molecule has 1 saturated heterocycles. The van der Waals surface area contributed by atoms with Crippen molar-refractivity contribution >= 4 is 11.9 Å². The third kappa shape index (κ3) is 4.58. The number of nitrogens with zero attached hydrogens (tertiary/aromatic N) is 2. The first-order valence-electron chi connectivity index (χ1n) is 8.17. The lowest BCUT2D eigenvalue weighted by molar-refractivity contribution is -0.133. The Bertz CT molecular complexity index is 530. The molecule has 1 amide bonds. The molecule has 23 heavy (non-hydrogen) atoms. The number of amides is 1. The lowest BCUT2D eigenvalue weighted by atomic mass is 10.0. The summed E-state index contributed by atoms with van der Waals surface area (Å²) in [6, 6.07) is 3.86. The van der Waals surface area contributed by atoms with Gasteiger partial charge in [-0.1, -0.05) is 0 Å². The molecule has 128 valence electrons. The Kier molecular flexibility index (Phi) is 6.21. The van der Waals surface area contributed by atoms with Crippen LogP contribution in [0.3, 0.4) is 0 Å².